The Balaban J connectivity index is 1.55. The number of anilines is 1. The van der Waals surface area contributed by atoms with E-state index in [1.54, 1.807) is 18.2 Å². The Morgan fingerprint density at radius 2 is 1.40 bits per heavy atom. The number of hydrogen-bond acceptors (Lipinski definition) is 3. The number of para-hydroxylation sites is 1. The Hall–Kier alpha value is -4.11. The van der Waals surface area contributed by atoms with Gasteiger partial charge in [0.2, 0.25) is 0 Å². The van der Waals surface area contributed by atoms with Crippen molar-refractivity contribution in [3.8, 4) is 17.1 Å². The molecule has 5 aromatic rings. The number of sulfonamides is 1. The smallest absolute Gasteiger partial charge is 0.292 e. The highest BCUT2D eigenvalue weighted by atomic mass is 32.2. The highest BCUT2D eigenvalue weighted by Gasteiger charge is 2.30. The first kappa shape index (κ1) is 22.7. The van der Waals surface area contributed by atoms with Gasteiger partial charge in [0, 0.05) is 11.3 Å². The van der Waals surface area contributed by atoms with E-state index in [1.165, 1.54) is 0 Å². The minimum absolute atomic E-state index is 0.245. The van der Waals surface area contributed by atoms with E-state index < -0.39 is 21.8 Å². The standard InChI is InChI=1S/C26H18F3N3O2S/c27-26(28,29)19-11-14-22(15-12-19)35(33,34)31-20-13-16-24-23(17-20)30-25(18-7-3-1-4-8-18)32(24)21-9-5-2-6-10-21/h1-17,31H. The van der Waals surface area contributed by atoms with Crippen molar-refractivity contribution in [3.63, 3.8) is 0 Å². The number of hydrogen-bond donors (Lipinski definition) is 1. The van der Waals surface area contributed by atoms with Gasteiger partial charge in [-0.25, -0.2) is 13.4 Å². The van der Waals surface area contributed by atoms with E-state index in [-0.39, 0.29) is 10.6 Å². The molecule has 0 amide bonds. The molecule has 0 bridgehead atoms. The van der Waals surface area contributed by atoms with Crippen LogP contribution in [-0.4, -0.2) is 18.0 Å². The van der Waals surface area contributed by atoms with Gasteiger partial charge in [0.15, 0.2) is 0 Å². The molecule has 0 aliphatic carbocycles. The lowest BCUT2D eigenvalue weighted by Crippen LogP contribution is -2.13. The van der Waals surface area contributed by atoms with Crippen LogP contribution in [0.1, 0.15) is 5.56 Å². The quantitative estimate of drug-likeness (QED) is 0.304. The number of alkyl halides is 3. The molecule has 1 heterocycles. The zero-order valence-electron chi connectivity index (χ0n) is 18.1. The fraction of sp³-hybridized carbons (Fsp3) is 0.0385. The van der Waals surface area contributed by atoms with E-state index in [4.69, 9.17) is 4.98 Å². The van der Waals surface area contributed by atoms with Gasteiger partial charge >= 0.3 is 6.18 Å². The summed E-state index contributed by atoms with van der Waals surface area (Å²) >= 11 is 0. The summed E-state index contributed by atoms with van der Waals surface area (Å²) in [6.07, 6.45) is -4.55. The van der Waals surface area contributed by atoms with Crippen molar-refractivity contribution in [3.05, 3.63) is 109 Å². The lowest BCUT2D eigenvalue weighted by molar-refractivity contribution is -0.137. The van der Waals surface area contributed by atoms with Gasteiger partial charge in [0.25, 0.3) is 10.0 Å². The molecule has 0 aliphatic rings. The van der Waals surface area contributed by atoms with E-state index in [2.05, 4.69) is 4.72 Å². The maximum atomic E-state index is 12.8. The lowest BCUT2D eigenvalue weighted by atomic mass is 10.2. The second-order valence-corrected chi connectivity index (χ2v) is 9.49. The third-order valence-corrected chi connectivity index (χ3v) is 6.84. The van der Waals surface area contributed by atoms with Gasteiger partial charge in [-0.2, -0.15) is 13.2 Å². The molecule has 0 atom stereocenters. The molecule has 0 spiro atoms. The predicted molar refractivity (Wildman–Crippen MR) is 129 cm³/mol. The van der Waals surface area contributed by atoms with Crippen molar-refractivity contribution in [1.82, 2.24) is 9.55 Å². The monoisotopic (exact) mass is 493 g/mol. The number of fused-ring (bicyclic) bond motifs is 1. The third kappa shape index (κ3) is 4.50. The van der Waals surface area contributed by atoms with Crippen LogP contribution in [0.15, 0.2) is 108 Å². The first-order valence-corrected chi connectivity index (χ1v) is 12.0. The van der Waals surface area contributed by atoms with Crippen LogP contribution in [0.5, 0.6) is 0 Å². The van der Waals surface area contributed by atoms with Gasteiger partial charge in [-0.3, -0.25) is 9.29 Å². The minimum Gasteiger partial charge on any atom is -0.292 e. The van der Waals surface area contributed by atoms with E-state index >= 15 is 0 Å². The summed E-state index contributed by atoms with van der Waals surface area (Å²) in [5, 5.41) is 0. The van der Waals surface area contributed by atoms with Crippen molar-refractivity contribution in [1.29, 1.82) is 0 Å². The van der Waals surface area contributed by atoms with Crippen LogP contribution in [-0.2, 0) is 16.2 Å². The van der Waals surface area contributed by atoms with Crippen molar-refractivity contribution < 1.29 is 21.6 Å². The van der Waals surface area contributed by atoms with Crippen LogP contribution < -0.4 is 4.72 Å². The van der Waals surface area contributed by atoms with Crippen LogP contribution in [0.4, 0.5) is 18.9 Å². The maximum Gasteiger partial charge on any atom is 0.416 e. The number of nitrogens with zero attached hydrogens (tertiary/aromatic N) is 2. The van der Waals surface area contributed by atoms with Gasteiger partial charge < -0.3 is 0 Å². The molecular formula is C26H18F3N3O2S. The SMILES string of the molecule is O=S(=O)(Nc1ccc2c(c1)nc(-c1ccccc1)n2-c1ccccc1)c1ccc(C(F)(F)F)cc1. The molecule has 1 N–H and O–H groups in total. The number of benzene rings is 4. The molecule has 35 heavy (non-hydrogen) atoms. The molecule has 4 aromatic carbocycles. The predicted octanol–water partition coefficient (Wildman–Crippen LogP) is 6.51. The third-order valence-electron chi connectivity index (χ3n) is 5.45. The number of imidazole rings is 1. The number of rotatable bonds is 5. The van der Waals surface area contributed by atoms with Crippen LogP contribution in [0.25, 0.3) is 28.1 Å². The second kappa shape index (κ2) is 8.59. The molecular weight excluding hydrogens is 475 g/mol. The molecule has 1 aromatic heterocycles. The summed E-state index contributed by atoms with van der Waals surface area (Å²) in [5.41, 5.74) is 2.44. The molecule has 0 aliphatic heterocycles. The number of halogens is 3. The van der Waals surface area contributed by atoms with Crippen LogP contribution in [0, 0.1) is 0 Å². The Kier molecular flexibility index (Phi) is 5.56. The molecule has 0 saturated heterocycles. The van der Waals surface area contributed by atoms with E-state index in [1.807, 2.05) is 65.2 Å². The largest absolute Gasteiger partial charge is 0.416 e. The zero-order valence-corrected chi connectivity index (χ0v) is 18.9. The normalized spacial score (nSPS) is 12.1. The average molecular weight is 494 g/mol. The van der Waals surface area contributed by atoms with Crippen molar-refractivity contribution in [2.24, 2.45) is 0 Å². The summed E-state index contributed by atoms with van der Waals surface area (Å²) in [7, 11) is -4.10. The van der Waals surface area contributed by atoms with Gasteiger partial charge in [-0.15, -0.1) is 0 Å². The molecule has 0 radical (unpaired) electrons. The van der Waals surface area contributed by atoms with Crippen LogP contribution in [0.3, 0.4) is 0 Å². The summed E-state index contributed by atoms with van der Waals surface area (Å²) < 4.78 is 68.5. The first-order valence-electron chi connectivity index (χ1n) is 10.6. The van der Waals surface area contributed by atoms with Gasteiger partial charge in [-0.05, 0) is 54.6 Å². The number of nitrogens with one attached hydrogen (secondary N) is 1. The molecule has 0 saturated carbocycles. The van der Waals surface area contributed by atoms with E-state index in [0.717, 1.165) is 41.0 Å². The summed E-state index contributed by atoms with van der Waals surface area (Å²) in [4.78, 5) is 4.49. The van der Waals surface area contributed by atoms with E-state index in [9.17, 15) is 21.6 Å². The van der Waals surface area contributed by atoms with Crippen LogP contribution in [0.2, 0.25) is 0 Å². The molecule has 9 heteroatoms. The van der Waals surface area contributed by atoms with Crippen molar-refractivity contribution in [2.45, 2.75) is 11.1 Å². The molecule has 0 fully saturated rings. The topological polar surface area (TPSA) is 64.0 Å². The zero-order chi connectivity index (χ0) is 24.6. The average Bonchev–Trinajstić information content (AvgIpc) is 3.23. The fourth-order valence-electron chi connectivity index (χ4n) is 3.80. The van der Waals surface area contributed by atoms with Gasteiger partial charge in [-0.1, -0.05) is 48.5 Å². The summed E-state index contributed by atoms with van der Waals surface area (Å²) in [5.74, 6) is 0.689. The van der Waals surface area contributed by atoms with E-state index in [0.29, 0.717) is 11.3 Å². The number of aromatic nitrogens is 2. The van der Waals surface area contributed by atoms with Gasteiger partial charge in [0.05, 0.1) is 27.2 Å². The molecule has 176 valence electrons. The Morgan fingerprint density at radius 1 is 0.771 bits per heavy atom. The first-order chi connectivity index (χ1) is 16.7. The maximum absolute atomic E-state index is 12.8. The molecule has 5 rings (SSSR count). The molecule has 0 unspecified atom stereocenters. The van der Waals surface area contributed by atoms with Crippen molar-refractivity contribution >= 4 is 26.7 Å². The second-order valence-electron chi connectivity index (χ2n) is 7.80. The van der Waals surface area contributed by atoms with Crippen molar-refractivity contribution in [2.75, 3.05) is 4.72 Å². The van der Waals surface area contributed by atoms with Crippen LogP contribution >= 0.6 is 0 Å². The summed E-state index contributed by atoms with van der Waals surface area (Å²) in [6.45, 7) is 0. The Bertz CT molecular complexity index is 1600. The summed E-state index contributed by atoms with van der Waals surface area (Å²) in [6, 6.07) is 27.6. The fourth-order valence-corrected chi connectivity index (χ4v) is 4.85. The highest BCUT2D eigenvalue weighted by Crippen LogP contribution is 2.32. The Labute approximate surface area is 199 Å². The van der Waals surface area contributed by atoms with Gasteiger partial charge in [0.1, 0.15) is 5.82 Å². The highest BCUT2D eigenvalue weighted by molar-refractivity contribution is 7.92. The minimum atomic E-state index is -4.55. The molecule has 5 nitrogen and oxygen atoms in total. The lowest BCUT2D eigenvalue weighted by Gasteiger charge is -2.11. The Morgan fingerprint density at radius 3 is 2.03 bits per heavy atom.